The highest BCUT2D eigenvalue weighted by atomic mass is 35.5. The molecule has 1 heterocycles. The lowest BCUT2D eigenvalue weighted by atomic mass is 10.2. The fourth-order valence-corrected chi connectivity index (χ4v) is 3.41. The molecule has 0 bridgehead atoms. The molecule has 8 nitrogen and oxygen atoms in total. The first-order chi connectivity index (χ1) is 16.8. The zero-order valence-electron chi connectivity index (χ0n) is 19.1. The Labute approximate surface area is 206 Å². The predicted octanol–water partition coefficient (Wildman–Crippen LogP) is 3.87. The molecule has 0 aliphatic carbocycles. The van der Waals surface area contributed by atoms with Crippen LogP contribution in [0.1, 0.15) is 18.2 Å². The van der Waals surface area contributed by atoms with Crippen LogP contribution in [0.3, 0.4) is 0 Å². The SMILES string of the molecule is COC(=O)C(C)Oc1cccc(COc2cc(-n3c(=O)cc(C(F)(F)F)n(C)c3=O)c(F)cc2Cl)c1. The van der Waals surface area contributed by atoms with E-state index in [-0.39, 0.29) is 32.6 Å². The Kier molecular flexibility index (Phi) is 7.77. The van der Waals surface area contributed by atoms with Gasteiger partial charge in [0.25, 0.3) is 5.56 Å². The minimum Gasteiger partial charge on any atom is -0.487 e. The van der Waals surface area contributed by atoms with Crippen LogP contribution in [0.4, 0.5) is 17.6 Å². The van der Waals surface area contributed by atoms with Crippen LogP contribution in [-0.4, -0.2) is 28.3 Å². The summed E-state index contributed by atoms with van der Waals surface area (Å²) >= 11 is 6.04. The highest BCUT2D eigenvalue weighted by Crippen LogP contribution is 2.31. The summed E-state index contributed by atoms with van der Waals surface area (Å²) in [7, 11) is 2.03. The summed E-state index contributed by atoms with van der Waals surface area (Å²) in [5.41, 5.74) is -4.37. The van der Waals surface area contributed by atoms with Gasteiger partial charge in [0.2, 0.25) is 0 Å². The van der Waals surface area contributed by atoms with E-state index in [0.29, 0.717) is 11.3 Å². The second-order valence-electron chi connectivity index (χ2n) is 7.50. The van der Waals surface area contributed by atoms with E-state index in [1.54, 1.807) is 24.3 Å². The number of carbonyl (C=O) groups is 1. The number of carbonyl (C=O) groups excluding carboxylic acids is 1. The smallest absolute Gasteiger partial charge is 0.431 e. The van der Waals surface area contributed by atoms with Gasteiger partial charge in [0.15, 0.2) is 6.10 Å². The van der Waals surface area contributed by atoms with Crippen molar-refractivity contribution in [2.45, 2.75) is 25.8 Å². The van der Waals surface area contributed by atoms with Crippen molar-refractivity contribution in [3.05, 3.63) is 85.4 Å². The molecule has 2 aromatic carbocycles. The maximum absolute atomic E-state index is 14.7. The first-order valence-corrected chi connectivity index (χ1v) is 10.6. The number of ether oxygens (including phenoxy) is 3. The Morgan fingerprint density at radius 2 is 1.83 bits per heavy atom. The van der Waals surface area contributed by atoms with Crippen LogP contribution in [-0.2, 0) is 29.4 Å². The molecule has 0 radical (unpaired) electrons. The number of rotatable bonds is 7. The van der Waals surface area contributed by atoms with Crippen molar-refractivity contribution in [1.29, 1.82) is 0 Å². The predicted molar refractivity (Wildman–Crippen MR) is 120 cm³/mol. The number of aromatic nitrogens is 2. The molecule has 1 atom stereocenters. The van der Waals surface area contributed by atoms with Gasteiger partial charge < -0.3 is 14.2 Å². The molecule has 1 aromatic heterocycles. The van der Waals surface area contributed by atoms with Crippen molar-refractivity contribution in [3.8, 4) is 17.2 Å². The molecule has 13 heteroatoms. The second-order valence-corrected chi connectivity index (χ2v) is 7.90. The third-order valence-corrected chi connectivity index (χ3v) is 5.29. The Hall–Kier alpha value is -3.80. The van der Waals surface area contributed by atoms with Crippen LogP contribution < -0.4 is 20.7 Å². The second kappa shape index (κ2) is 10.4. The summed E-state index contributed by atoms with van der Waals surface area (Å²) < 4.78 is 70.1. The molecule has 1 unspecified atom stereocenters. The first kappa shape index (κ1) is 26.8. The fourth-order valence-electron chi connectivity index (χ4n) is 3.21. The minimum atomic E-state index is -4.97. The highest BCUT2D eigenvalue weighted by molar-refractivity contribution is 6.32. The van der Waals surface area contributed by atoms with Crippen molar-refractivity contribution >= 4 is 17.6 Å². The highest BCUT2D eigenvalue weighted by Gasteiger charge is 2.35. The molecule has 0 saturated carbocycles. The molecule has 3 aromatic rings. The van der Waals surface area contributed by atoms with Crippen molar-refractivity contribution < 1.29 is 36.6 Å². The van der Waals surface area contributed by atoms with Crippen LogP contribution in [0.2, 0.25) is 5.02 Å². The number of esters is 1. The zero-order chi connectivity index (χ0) is 26.8. The quantitative estimate of drug-likeness (QED) is 0.340. The molecule has 0 aliphatic heterocycles. The van der Waals surface area contributed by atoms with Crippen molar-refractivity contribution in [1.82, 2.24) is 9.13 Å². The standard InChI is InChI=1S/C23H19ClF4N2O6/c1-12(21(32)34-3)36-14-6-4-5-13(7-14)11-35-18-9-17(16(25)8-15(18)24)30-20(31)10-19(23(26,27)28)29(2)22(30)33/h4-10,12H,11H2,1-3H3. The lowest BCUT2D eigenvalue weighted by Gasteiger charge is -2.16. The molecule has 0 aliphatic rings. The number of nitrogens with zero attached hydrogens (tertiary/aromatic N) is 2. The Morgan fingerprint density at radius 3 is 2.47 bits per heavy atom. The molecule has 0 N–H and O–H groups in total. The Balaban J connectivity index is 1.92. The van der Waals surface area contributed by atoms with Gasteiger partial charge in [-0.15, -0.1) is 0 Å². The third kappa shape index (κ3) is 5.70. The fraction of sp³-hybridized carbons (Fsp3) is 0.261. The molecule has 3 rings (SSSR count). The van der Waals surface area contributed by atoms with Gasteiger partial charge in [-0.2, -0.15) is 13.2 Å². The average molecular weight is 531 g/mol. The van der Waals surface area contributed by atoms with Gasteiger partial charge in [-0.25, -0.2) is 18.5 Å². The monoisotopic (exact) mass is 530 g/mol. The van der Waals surface area contributed by atoms with Gasteiger partial charge in [0.05, 0.1) is 17.8 Å². The molecule has 0 saturated heterocycles. The van der Waals surface area contributed by atoms with E-state index in [9.17, 15) is 31.9 Å². The first-order valence-electron chi connectivity index (χ1n) is 10.2. The van der Waals surface area contributed by atoms with Crippen LogP contribution in [0.15, 0.2) is 52.1 Å². The molecule has 0 fully saturated rings. The summed E-state index contributed by atoms with van der Waals surface area (Å²) in [4.78, 5) is 36.4. The van der Waals surface area contributed by atoms with E-state index < -0.39 is 46.7 Å². The summed E-state index contributed by atoms with van der Waals surface area (Å²) in [5.74, 6) is -1.51. The van der Waals surface area contributed by atoms with E-state index in [0.717, 1.165) is 19.2 Å². The van der Waals surface area contributed by atoms with Crippen LogP contribution in [0.5, 0.6) is 11.5 Å². The largest absolute Gasteiger partial charge is 0.487 e. The Morgan fingerprint density at radius 1 is 1.14 bits per heavy atom. The van der Waals surface area contributed by atoms with E-state index in [4.69, 9.17) is 21.1 Å². The zero-order valence-corrected chi connectivity index (χ0v) is 19.8. The molecular weight excluding hydrogens is 512 g/mol. The van der Waals surface area contributed by atoms with Gasteiger partial charge in [0.1, 0.15) is 29.6 Å². The van der Waals surface area contributed by atoms with Gasteiger partial charge in [-0.05, 0) is 30.7 Å². The lowest BCUT2D eigenvalue weighted by molar-refractivity contribution is -0.148. The number of alkyl halides is 3. The maximum Gasteiger partial charge on any atom is 0.431 e. The summed E-state index contributed by atoms with van der Waals surface area (Å²) in [6.45, 7) is 1.37. The van der Waals surface area contributed by atoms with Gasteiger partial charge in [-0.3, -0.25) is 9.36 Å². The van der Waals surface area contributed by atoms with E-state index >= 15 is 0 Å². The van der Waals surface area contributed by atoms with Gasteiger partial charge in [0, 0.05) is 19.2 Å². The van der Waals surface area contributed by atoms with E-state index in [1.165, 1.54) is 14.0 Å². The van der Waals surface area contributed by atoms with Gasteiger partial charge >= 0.3 is 17.8 Å². The number of hydrogen-bond donors (Lipinski definition) is 0. The maximum atomic E-state index is 14.7. The minimum absolute atomic E-state index is 0.130. The molecule has 0 spiro atoms. The number of hydrogen-bond acceptors (Lipinski definition) is 6. The van der Waals surface area contributed by atoms with E-state index in [2.05, 4.69) is 4.74 Å². The van der Waals surface area contributed by atoms with Gasteiger partial charge in [-0.1, -0.05) is 23.7 Å². The summed E-state index contributed by atoms with van der Waals surface area (Å²) in [5, 5.41) is -0.209. The summed E-state index contributed by atoms with van der Waals surface area (Å²) in [6, 6.07) is 8.34. The van der Waals surface area contributed by atoms with Crippen LogP contribution >= 0.6 is 11.6 Å². The third-order valence-electron chi connectivity index (χ3n) is 4.99. The molecule has 0 amide bonds. The molecule has 36 heavy (non-hydrogen) atoms. The van der Waals surface area contributed by atoms with Crippen molar-refractivity contribution in [3.63, 3.8) is 0 Å². The number of methoxy groups -OCH3 is 1. The van der Waals surface area contributed by atoms with Crippen molar-refractivity contribution in [2.24, 2.45) is 7.05 Å². The lowest BCUT2D eigenvalue weighted by Crippen LogP contribution is -2.41. The van der Waals surface area contributed by atoms with Crippen molar-refractivity contribution in [2.75, 3.05) is 7.11 Å². The molecule has 192 valence electrons. The van der Waals surface area contributed by atoms with Crippen LogP contribution in [0.25, 0.3) is 5.69 Å². The van der Waals surface area contributed by atoms with Crippen LogP contribution in [0, 0.1) is 5.82 Å². The normalized spacial score (nSPS) is 12.2. The summed E-state index contributed by atoms with van der Waals surface area (Å²) in [6.07, 6.45) is -5.84. The number of halogens is 5. The average Bonchev–Trinajstić information content (AvgIpc) is 2.81. The molecular formula is C23H19ClF4N2O6. The van der Waals surface area contributed by atoms with E-state index in [1.807, 2.05) is 0 Å². The topological polar surface area (TPSA) is 88.8 Å². The Bertz CT molecular complexity index is 1420. The number of benzene rings is 2.